The van der Waals surface area contributed by atoms with Crippen LogP contribution in [0.3, 0.4) is 0 Å². The molecule has 0 bridgehead atoms. The van der Waals surface area contributed by atoms with Crippen LogP contribution in [0.2, 0.25) is 0 Å². The Kier molecular flexibility index (Phi) is 4.20. The molecule has 2 aliphatic heterocycles. The highest BCUT2D eigenvalue weighted by atomic mass is 16.5. The predicted molar refractivity (Wildman–Crippen MR) is 78.7 cm³/mol. The van der Waals surface area contributed by atoms with Crippen molar-refractivity contribution in [1.82, 2.24) is 4.90 Å². The molecule has 5 heteroatoms. The van der Waals surface area contributed by atoms with E-state index >= 15 is 0 Å². The highest BCUT2D eigenvalue weighted by molar-refractivity contribution is 5.92. The summed E-state index contributed by atoms with van der Waals surface area (Å²) in [5, 5.41) is 2.96. The quantitative estimate of drug-likeness (QED) is 0.859. The number of amides is 1. The number of hydrogen-bond donors (Lipinski definition) is 1. The van der Waals surface area contributed by atoms with Gasteiger partial charge in [-0.2, -0.15) is 0 Å². The Balaban J connectivity index is 1.51. The number of anilines is 1. The summed E-state index contributed by atoms with van der Waals surface area (Å²) >= 11 is 0. The zero-order chi connectivity index (χ0) is 14.7. The second kappa shape index (κ2) is 6.26. The highest BCUT2D eigenvalue weighted by Gasteiger charge is 2.35. The van der Waals surface area contributed by atoms with Crippen LogP contribution in [0.4, 0.5) is 5.69 Å². The molecular weight excluding hydrogens is 268 g/mol. The van der Waals surface area contributed by atoms with Gasteiger partial charge in [0.05, 0.1) is 6.61 Å². The molecule has 3 rings (SSSR count). The molecule has 0 unspecified atom stereocenters. The summed E-state index contributed by atoms with van der Waals surface area (Å²) in [6, 6.07) is 9.43. The van der Waals surface area contributed by atoms with Crippen LogP contribution < -0.4 is 5.32 Å². The van der Waals surface area contributed by atoms with E-state index in [0.29, 0.717) is 6.61 Å². The summed E-state index contributed by atoms with van der Waals surface area (Å²) in [6.07, 6.45) is 2.37. The second-order valence-corrected chi connectivity index (χ2v) is 5.64. The number of carbonyl (C=O) groups is 2. The van der Waals surface area contributed by atoms with Crippen molar-refractivity contribution in [2.24, 2.45) is 5.92 Å². The number of para-hydroxylation sites is 1. The number of benzene rings is 1. The van der Waals surface area contributed by atoms with E-state index in [9.17, 15) is 9.59 Å². The standard InChI is InChI=1S/C16H20N2O3/c19-15(17-13-4-2-1-3-5-13)12-6-9-18(10-7-12)14-8-11-21-16(14)20/h1-5,12,14H,6-11H2,(H,17,19)/t14-/m1/s1. The van der Waals surface area contributed by atoms with E-state index in [-0.39, 0.29) is 23.8 Å². The van der Waals surface area contributed by atoms with Crippen LogP contribution in [0.25, 0.3) is 0 Å². The van der Waals surface area contributed by atoms with Crippen LogP contribution in [0.1, 0.15) is 19.3 Å². The van der Waals surface area contributed by atoms with E-state index in [1.165, 1.54) is 0 Å². The Morgan fingerprint density at radius 1 is 1.14 bits per heavy atom. The monoisotopic (exact) mass is 288 g/mol. The number of nitrogens with one attached hydrogen (secondary N) is 1. The van der Waals surface area contributed by atoms with Gasteiger partial charge in [0.1, 0.15) is 6.04 Å². The summed E-state index contributed by atoms with van der Waals surface area (Å²) in [7, 11) is 0. The number of nitrogens with zero attached hydrogens (tertiary/aromatic N) is 1. The van der Waals surface area contributed by atoms with Crippen LogP contribution in [-0.2, 0) is 14.3 Å². The molecule has 0 aliphatic carbocycles. The lowest BCUT2D eigenvalue weighted by Gasteiger charge is -2.33. The molecule has 1 N–H and O–H groups in total. The van der Waals surface area contributed by atoms with Gasteiger partial charge in [0.15, 0.2) is 0 Å². The maximum Gasteiger partial charge on any atom is 0.323 e. The minimum atomic E-state index is -0.109. The topological polar surface area (TPSA) is 58.6 Å². The Hall–Kier alpha value is -1.88. The molecule has 1 atom stereocenters. The number of hydrogen-bond acceptors (Lipinski definition) is 4. The van der Waals surface area contributed by atoms with Gasteiger partial charge in [-0.05, 0) is 38.1 Å². The first-order chi connectivity index (χ1) is 10.2. The van der Waals surface area contributed by atoms with Crippen molar-refractivity contribution < 1.29 is 14.3 Å². The third-order valence-corrected chi connectivity index (χ3v) is 4.29. The van der Waals surface area contributed by atoms with Gasteiger partial charge in [-0.25, -0.2) is 0 Å². The number of likely N-dealkylation sites (tertiary alicyclic amines) is 1. The van der Waals surface area contributed by atoms with Crippen molar-refractivity contribution in [2.75, 3.05) is 25.0 Å². The fourth-order valence-corrected chi connectivity index (χ4v) is 3.06. The van der Waals surface area contributed by atoms with Crippen molar-refractivity contribution >= 4 is 17.6 Å². The van der Waals surface area contributed by atoms with Gasteiger partial charge >= 0.3 is 5.97 Å². The van der Waals surface area contributed by atoms with Crippen molar-refractivity contribution in [2.45, 2.75) is 25.3 Å². The van der Waals surface area contributed by atoms with Crippen molar-refractivity contribution in [3.63, 3.8) is 0 Å². The lowest BCUT2D eigenvalue weighted by atomic mass is 9.94. The minimum absolute atomic E-state index is 0.0267. The molecule has 2 aliphatic rings. The van der Waals surface area contributed by atoms with Crippen molar-refractivity contribution in [3.8, 4) is 0 Å². The SMILES string of the molecule is O=C(Nc1ccccc1)C1CCN([C@@H]2CCOC2=O)CC1. The lowest BCUT2D eigenvalue weighted by Crippen LogP contribution is -2.45. The van der Waals surface area contributed by atoms with Crippen LogP contribution in [0.15, 0.2) is 30.3 Å². The Morgan fingerprint density at radius 3 is 2.48 bits per heavy atom. The van der Waals surface area contributed by atoms with E-state index < -0.39 is 0 Å². The van der Waals surface area contributed by atoms with Crippen molar-refractivity contribution in [3.05, 3.63) is 30.3 Å². The maximum atomic E-state index is 12.2. The maximum absolute atomic E-state index is 12.2. The number of cyclic esters (lactones) is 1. The average Bonchev–Trinajstić information content (AvgIpc) is 2.94. The summed E-state index contributed by atoms with van der Waals surface area (Å²) in [4.78, 5) is 26.0. The van der Waals surface area contributed by atoms with Gasteiger partial charge in [0.2, 0.25) is 5.91 Å². The molecule has 5 nitrogen and oxygen atoms in total. The molecular formula is C16H20N2O3. The summed E-state index contributed by atoms with van der Waals surface area (Å²) in [5.41, 5.74) is 0.837. The molecule has 2 heterocycles. The third-order valence-electron chi connectivity index (χ3n) is 4.29. The van der Waals surface area contributed by atoms with Gasteiger partial charge in [0.25, 0.3) is 0 Å². The minimum Gasteiger partial charge on any atom is -0.464 e. The third kappa shape index (κ3) is 3.24. The first kappa shape index (κ1) is 14.1. The highest BCUT2D eigenvalue weighted by Crippen LogP contribution is 2.24. The van der Waals surface area contributed by atoms with Gasteiger partial charge in [0, 0.05) is 18.0 Å². The normalized spacial score (nSPS) is 23.8. The van der Waals surface area contributed by atoms with Crippen LogP contribution >= 0.6 is 0 Å². The first-order valence-corrected chi connectivity index (χ1v) is 7.50. The van der Waals surface area contributed by atoms with Gasteiger partial charge in [-0.15, -0.1) is 0 Å². The smallest absolute Gasteiger partial charge is 0.323 e. The Bertz CT molecular complexity index is 510. The molecule has 2 fully saturated rings. The zero-order valence-corrected chi connectivity index (χ0v) is 12.0. The van der Waals surface area contributed by atoms with Crippen LogP contribution in [0, 0.1) is 5.92 Å². The molecule has 1 aromatic carbocycles. The van der Waals surface area contributed by atoms with Gasteiger partial charge in [-0.3, -0.25) is 14.5 Å². The first-order valence-electron chi connectivity index (χ1n) is 7.50. The largest absolute Gasteiger partial charge is 0.464 e. The zero-order valence-electron chi connectivity index (χ0n) is 12.0. The molecule has 112 valence electrons. The average molecular weight is 288 g/mol. The number of esters is 1. The number of ether oxygens (including phenoxy) is 1. The summed E-state index contributed by atoms with van der Waals surface area (Å²) in [6.45, 7) is 2.09. The fraction of sp³-hybridized carbons (Fsp3) is 0.500. The van der Waals surface area contributed by atoms with E-state index in [4.69, 9.17) is 4.74 Å². The fourth-order valence-electron chi connectivity index (χ4n) is 3.06. The molecule has 1 amide bonds. The van der Waals surface area contributed by atoms with E-state index in [1.807, 2.05) is 30.3 Å². The van der Waals surface area contributed by atoms with E-state index in [0.717, 1.165) is 38.0 Å². The molecule has 0 radical (unpaired) electrons. The molecule has 2 saturated heterocycles. The number of piperidine rings is 1. The van der Waals surface area contributed by atoms with Crippen LogP contribution in [-0.4, -0.2) is 42.5 Å². The molecule has 0 saturated carbocycles. The predicted octanol–water partition coefficient (Wildman–Crippen LogP) is 1.65. The molecule has 0 spiro atoms. The molecule has 0 aromatic heterocycles. The lowest BCUT2D eigenvalue weighted by molar-refractivity contribution is -0.142. The Labute approximate surface area is 124 Å². The van der Waals surface area contributed by atoms with Gasteiger partial charge < -0.3 is 10.1 Å². The molecule has 1 aromatic rings. The number of rotatable bonds is 3. The summed E-state index contributed by atoms with van der Waals surface area (Å²) in [5.74, 6) is -0.00378. The van der Waals surface area contributed by atoms with Crippen molar-refractivity contribution in [1.29, 1.82) is 0 Å². The van der Waals surface area contributed by atoms with Crippen LogP contribution in [0.5, 0.6) is 0 Å². The number of carbonyl (C=O) groups excluding carboxylic acids is 2. The molecule has 21 heavy (non-hydrogen) atoms. The Morgan fingerprint density at radius 2 is 1.86 bits per heavy atom. The van der Waals surface area contributed by atoms with E-state index in [2.05, 4.69) is 10.2 Å². The van der Waals surface area contributed by atoms with E-state index in [1.54, 1.807) is 0 Å². The second-order valence-electron chi connectivity index (χ2n) is 5.64. The van der Waals surface area contributed by atoms with Gasteiger partial charge in [-0.1, -0.05) is 18.2 Å². The summed E-state index contributed by atoms with van der Waals surface area (Å²) < 4.78 is 5.01.